The lowest BCUT2D eigenvalue weighted by atomic mass is 10.0. The van der Waals surface area contributed by atoms with Crippen molar-refractivity contribution in [1.29, 1.82) is 0 Å². The highest BCUT2D eigenvalue weighted by Gasteiger charge is 2.32. The molecule has 25 heavy (non-hydrogen) atoms. The van der Waals surface area contributed by atoms with Crippen LogP contribution in [0.5, 0.6) is 11.5 Å². The van der Waals surface area contributed by atoms with Gasteiger partial charge in [0.05, 0.1) is 6.54 Å². The summed E-state index contributed by atoms with van der Waals surface area (Å²) < 4.78 is 17.3. The molecule has 6 heteroatoms. The zero-order valence-electron chi connectivity index (χ0n) is 14.0. The maximum Gasteiger partial charge on any atom is 0.287 e. The van der Waals surface area contributed by atoms with Crippen LogP contribution in [-0.4, -0.2) is 24.7 Å². The van der Waals surface area contributed by atoms with Crippen LogP contribution in [0, 0.1) is 11.8 Å². The maximum absolute atomic E-state index is 11.8. The quantitative estimate of drug-likeness (QED) is 0.792. The Bertz CT molecular complexity index is 845. The SMILES string of the molecule is CC1(C)Cc2cccc(OCC#CCNC(=O)c3ccc(Br)o3)c2O1. The van der Waals surface area contributed by atoms with Gasteiger partial charge >= 0.3 is 0 Å². The normalized spacial score (nSPS) is 14.0. The molecule has 0 unspecified atom stereocenters. The minimum absolute atomic E-state index is 0.210. The van der Waals surface area contributed by atoms with Gasteiger partial charge in [-0.3, -0.25) is 4.79 Å². The molecule has 0 radical (unpaired) electrons. The van der Waals surface area contributed by atoms with Crippen LogP contribution in [0.25, 0.3) is 0 Å². The summed E-state index contributed by atoms with van der Waals surface area (Å²) in [6, 6.07) is 9.13. The number of rotatable bonds is 4. The first-order valence-corrected chi connectivity index (χ1v) is 8.67. The molecule has 2 aromatic rings. The van der Waals surface area contributed by atoms with E-state index in [2.05, 4.69) is 46.9 Å². The van der Waals surface area contributed by atoms with E-state index in [0.717, 1.165) is 17.7 Å². The molecule has 0 saturated carbocycles. The van der Waals surface area contributed by atoms with Gasteiger partial charge in [0.15, 0.2) is 21.9 Å². The van der Waals surface area contributed by atoms with Crippen molar-refractivity contribution in [2.45, 2.75) is 25.9 Å². The molecule has 0 aliphatic carbocycles. The highest BCUT2D eigenvalue weighted by atomic mass is 79.9. The van der Waals surface area contributed by atoms with Crippen molar-refractivity contribution >= 4 is 21.8 Å². The Morgan fingerprint density at radius 3 is 2.92 bits per heavy atom. The van der Waals surface area contributed by atoms with Gasteiger partial charge in [0.1, 0.15) is 12.2 Å². The van der Waals surface area contributed by atoms with Gasteiger partial charge in [0, 0.05) is 12.0 Å². The number of hydrogen-bond acceptors (Lipinski definition) is 4. The average molecular weight is 404 g/mol. The molecule has 5 nitrogen and oxygen atoms in total. The Labute approximate surface area is 154 Å². The lowest BCUT2D eigenvalue weighted by Gasteiger charge is -2.17. The van der Waals surface area contributed by atoms with Gasteiger partial charge in [-0.1, -0.05) is 24.0 Å². The number of para-hydroxylation sites is 1. The van der Waals surface area contributed by atoms with Crippen molar-refractivity contribution < 1.29 is 18.7 Å². The van der Waals surface area contributed by atoms with Crippen LogP contribution >= 0.6 is 15.9 Å². The number of amides is 1. The number of carbonyl (C=O) groups is 1. The topological polar surface area (TPSA) is 60.7 Å². The first kappa shape index (κ1) is 17.4. The molecule has 0 bridgehead atoms. The summed E-state index contributed by atoms with van der Waals surface area (Å²) in [5, 5.41) is 2.66. The van der Waals surface area contributed by atoms with Crippen LogP contribution in [0.3, 0.4) is 0 Å². The number of halogens is 1. The lowest BCUT2D eigenvalue weighted by Crippen LogP contribution is -2.24. The summed E-state index contributed by atoms with van der Waals surface area (Å²) in [6.45, 7) is 4.55. The third-order valence-corrected chi connectivity index (χ3v) is 4.04. The van der Waals surface area contributed by atoms with Crippen LogP contribution in [0.2, 0.25) is 0 Å². The lowest BCUT2D eigenvalue weighted by molar-refractivity contribution is 0.0930. The van der Waals surface area contributed by atoms with Crippen molar-refractivity contribution in [2.24, 2.45) is 0 Å². The fourth-order valence-corrected chi connectivity index (χ4v) is 2.88. The molecular formula is C19H18BrNO4. The Hall–Kier alpha value is -2.39. The smallest absolute Gasteiger partial charge is 0.287 e. The molecule has 0 fully saturated rings. The first-order valence-electron chi connectivity index (χ1n) is 7.87. The number of carbonyl (C=O) groups excluding carboxylic acids is 1. The Morgan fingerprint density at radius 2 is 2.16 bits per heavy atom. The predicted molar refractivity (Wildman–Crippen MR) is 96.9 cm³/mol. The van der Waals surface area contributed by atoms with Crippen LogP contribution in [0.4, 0.5) is 0 Å². The van der Waals surface area contributed by atoms with Gasteiger partial charge in [-0.05, 0) is 48.0 Å². The molecule has 1 aliphatic rings. The Kier molecular flexibility index (Phi) is 5.05. The summed E-state index contributed by atoms with van der Waals surface area (Å²) >= 11 is 3.15. The first-order chi connectivity index (χ1) is 11.9. The molecule has 2 heterocycles. The van der Waals surface area contributed by atoms with E-state index in [4.69, 9.17) is 13.9 Å². The molecule has 1 N–H and O–H groups in total. The molecule has 1 aromatic carbocycles. The van der Waals surface area contributed by atoms with Crippen molar-refractivity contribution in [3.8, 4) is 23.3 Å². The predicted octanol–water partition coefficient (Wildman–Crippen LogP) is 3.57. The number of furan rings is 1. The second kappa shape index (κ2) is 7.24. The molecule has 1 amide bonds. The molecule has 0 atom stereocenters. The zero-order valence-corrected chi connectivity index (χ0v) is 15.6. The highest BCUT2D eigenvalue weighted by molar-refractivity contribution is 9.10. The molecule has 0 spiro atoms. The summed E-state index contributed by atoms with van der Waals surface area (Å²) in [4.78, 5) is 11.8. The van der Waals surface area contributed by atoms with Gasteiger partial charge < -0.3 is 19.2 Å². The second-order valence-corrected chi connectivity index (χ2v) is 6.99. The summed E-state index contributed by atoms with van der Waals surface area (Å²) in [5.41, 5.74) is 0.936. The van der Waals surface area contributed by atoms with E-state index >= 15 is 0 Å². The molecule has 1 aromatic heterocycles. The standard InChI is InChI=1S/C19H18BrNO4/c1-19(2)12-13-6-5-7-14(17(13)25-19)23-11-4-3-10-21-18(22)15-8-9-16(20)24-15/h5-9H,10-12H2,1-2H3,(H,21,22). The molecule has 1 aliphatic heterocycles. The largest absolute Gasteiger partial charge is 0.483 e. The summed E-state index contributed by atoms with van der Waals surface area (Å²) in [6.07, 6.45) is 0.861. The Morgan fingerprint density at radius 1 is 1.32 bits per heavy atom. The van der Waals surface area contributed by atoms with Crippen molar-refractivity contribution in [3.05, 3.63) is 46.3 Å². The van der Waals surface area contributed by atoms with Gasteiger partial charge in [0.25, 0.3) is 5.91 Å². The van der Waals surface area contributed by atoms with E-state index < -0.39 is 0 Å². The number of benzene rings is 1. The van der Waals surface area contributed by atoms with Crippen LogP contribution in [0.1, 0.15) is 30.0 Å². The van der Waals surface area contributed by atoms with E-state index in [1.165, 1.54) is 0 Å². The maximum atomic E-state index is 11.8. The van der Waals surface area contributed by atoms with E-state index in [-0.39, 0.29) is 30.4 Å². The molecule has 130 valence electrons. The average Bonchev–Trinajstić information content (AvgIpc) is 3.12. The molecule has 3 rings (SSSR count). The second-order valence-electron chi connectivity index (χ2n) is 6.21. The fraction of sp³-hybridized carbons (Fsp3) is 0.316. The summed E-state index contributed by atoms with van der Waals surface area (Å²) in [5.74, 6) is 7.15. The van der Waals surface area contributed by atoms with Crippen LogP contribution < -0.4 is 14.8 Å². The van der Waals surface area contributed by atoms with E-state index in [9.17, 15) is 4.79 Å². The van der Waals surface area contributed by atoms with Crippen LogP contribution in [0.15, 0.2) is 39.4 Å². The van der Waals surface area contributed by atoms with E-state index in [1.54, 1.807) is 12.1 Å². The van der Waals surface area contributed by atoms with Crippen molar-refractivity contribution in [1.82, 2.24) is 5.32 Å². The van der Waals surface area contributed by atoms with Crippen molar-refractivity contribution in [3.63, 3.8) is 0 Å². The van der Waals surface area contributed by atoms with Crippen LogP contribution in [-0.2, 0) is 6.42 Å². The third-order valence-electron chi connectivity index (χ3n) is 3.61. The number of hydrogen-bond donors (Lipinski definition) is 1. The minimum Gasteiger partial charge on any atom is -0.483 e. The number of fused-ring (bicyclic) bond motifs is 1. The highest BCUT2D eigenvalue weighted by Crippen LogP contribution is 2.41. The number of ether oxygens (including phenoxy) is 2. The zero-order chi connectivity index (χ0) is 17.9. The fourth-order valence-electron chi connectivity index (χ4n) is 2.58. The minimum atomic E-state index is -0.308. The van der Waals surface area contributed by atoms with E-state index in [1.807, 2.05) is 18.2 Å². The van der Waals surface area contributed by atoms with Gasteiger partial charge in [-0.15, -0.1) is 0 Å². The summed E-state index contributed by atoms with van der Waals surface area (Å²) in [7, 11) is 0. The van der Waals surface area contributed by atoms with Gasteiger partial charge in [-0.25, -0.2) is 0 Å². The van der Waals surface area contributed by atoms with Crippen molar-refractivity contribution in [2.75, 3.05) is 13.2 Å². The van der Waals surface area contributed by atoms with Gasteiger partial charge in [-0.2, -0.15) is 0 Å². The molecular weight excluding hydrogens is 386 g/mol. The number of nitrogens with one attached hydrogen (secondary N) is 1. The monoisotopic (exact) mass is 403 g/mol. The van der Waals surface area contributed by atoms with E-state index in [0.29, 0.717) is 10.4 Å². The third kappa shape index (κ3) is 4.37. The molecule has 0 saturated heterocycles. The Balaban J connectivity index is 1.48. The van der Waals surface area contributed by atoms with Gasteiger partial charge in [0.2, 0.25) is 0 Å².